The Hall–Kier alpha value is -1.89. The van der Waals surface area contributed by atoms with Crippen LogP contribution in [0.25, 0.3) is 0 Å². The third-order valence-corrected chi connectivity index (χ3v) is 1.94. The van der Waals surface area contributed by atoms with Crippen LogP contribution in [0.1, 0.15) is 24.8 Å². The molecule has 1 atom stereocenters. The number of hydrogen-bond acceptors (Lipinski definition) is 4. The number of carbonyl (C=O) groups is 1. The van der Waals surface area contributed by atoms with E-state index in [-0.39, 0.29) is 12.4 Å². The maximum Gasteiger partial charge on any atom is 0.307 e. The summed E-state index contributed by atoms with van der Waals surface area (Å²) in [6, 6.07) is 5.54. The average Bonchev–Trinajstić information content (AvgIpc) is 2.27. The largest absolute Gasteiger partial charge is 0.466 e. The van der Waals surface area contributed by atoms with E-state index in [1.54, 1.807) is 31.5 Å². The van der Waals surface area contributed by atoms with Crippen LogP contribution in [0, 0.1) is 11.3 Å². The smallest absolute Gasteiger partial charge is 0.307 e. The molecule has 0 N–H and O–H groups in total. The van der Waals surface area contributed by atoms with Crippen LogP contribution in [0.2, 0.25) is 0 Å². The Kier molecular flexibility index (Phi) is 4.30. The monoisotopic (exact) mass is 204 g/mol. The van der Waals surface area contributed by atoms with Crippen molar-refractivity contribution in [3.8, 4) is 6.07 Å². The fraction of sp³-hybridized carbons (Fsp3) is 0.364. The van der Waals surface area contributed by atoms with Crippen molar-refractivity contribution in [1.29, 1.82) is 5.26 Å². The van der Waals surface area contributed by atoms with E-state index >= 15 is 0 Å². The van der Waals surface area contributed by atoms with Crippen LogP contribution >= 0.6 is 0 Å². The topological polar surface area (TPSA) is 63.0 Å². The molecule has 0 bridgehead atoms. The van der Waals surface area contributed by atoms with E-state index in [1.807, 2.05) is 0 Å². The summed E-state index contributed by atoms with van der Waals surface area (Å²) >= 11 is 0. The van der Waals surface area contributed by atoms with Crippen LogP contribution in [0.5, 0.6) is 0 Å². The van der Waals surface area contributed by atoms with Gasteiger partial charge in [-0.3, -0.25) is 9.78 Å². The third kappa shape index (κ3) is 3.39. The lowest BCUT2D eigenvalue weighted by atomic mass is 9.99. The summed E-state index contributed by atoms with van der Waals surface area (Å²) in [6.07, 6.45) is 3.30. The van der Waals surface area contributed by atoms with Gasteiger partial charge in [0, 0.05) is 12.4 Å². The van der Waals surface area contributed by atoms with Crippen LogP contribution in [-0.4, -0.2) is 17.6 Å². The molecule has 0 aliphatic heterocycles. The molecule has 0 spiro atoms. The zero-order valence-corrected chi connectivity index (χ0v) is 8.51. The maximum atomic E-state index is 11.2. The molecule has 0 saturated heterocycles. The second-order valence-electron chi connectivity index (χ2n) is 2.97. The Balaban J connectivity index is 2.66. The fourth-order valence-electron chi connectivity index (χ4n) is 1.22. The van der Waals surface area contributed by atoms with Gasteiger partial charge in [0.15, 0.2) is 0 Å². The van der Waals surface area contributed by atoms with Crippen LogP contribution in [-0.2, 0) is 9.53 Å². The second-order valence-corrected chi connectivity index (χ2v) is 2.97. The Labute approximate surface area is 88.5 Å². The van der Waals surface area contributed by atoms with Crippen LogP contribution in [0.3, 0.4) is 0 Å². The number of esters is 1. The fourth-order valence-corrected chi connectivity index (χ4v) is 1.22. The molecule has 0 radical (unpaired) electrons. The van der Waals surface area contributed by atoms with E-state index in [4.69, 9.17) is 10.00 Å². The molecule has 1 rings (SSSR count). The van der Waals surface area contributed by atoms with E-state index in [0.29, 0.717) is 6.61 Å². The number of carbonyl (C=O) groups excluding carboxylic acids is 1. The van der Waals surface area contributed by atoms with Crippen molar-refractivity contribution < 1.29 is 9.53 Å². The molecule has 0 unspecified atom stereocenters. The van der Waals surface area contributed by atoms with Crippen molar-refractivity contribution in [2.24, 2.45) is 0 Å². The molecule has 0 saturated carbocycles. The normalized spacial score (nSPS) is 11.5. The first-order valence-corrected chi connectivity index (χ1v) is 4.73. The SMILES string of the molecule is CCOC(=O)C[C@H](C#N)c1ccncc1. The predicted molar refractivity (Wildman–Crippen MR) is 53.8 cm³/mol. The predicted octanol–water partition coefficient (Wildman–Crippen LogP) is 1.64. The number of aromatic nitrogens is 1. The molecule has 4 heteroatoms. The summed E-state index contributed by atoms with van der Waals surface area (Å²) in [4.78, 5) is 15.0. The highest BCUT2D eigenvalue weighted by Crippen LogP contribution is 2.18. The standard InChI is InChI=1S/C11H12N2O2/c1-2-15-11(14)7-10(8-12)9-3-5-13-6-4-9/h3-6,10H,2,7H2,1H3/t10-/m1/s1. The van der Waals surface area contributed by atoms with Crippen molar-refractivity contribution in [3.05, 3.63) is 30.1 Å². The van der Waals surface area contributed by atoms with Crippen LogP contribution < -0.4 is 0 Å². The molecular formula is C11H12N2O2. The van der Waals surface area contributed by atoms with Gasteiger partial charge < -0.3 is 4.74 Å². The number of hydrogen-bond donors (Lipinski definition) is 0. The number of rotatable bonds is 4. The molecule has 0 fully saturated rings. The lowest BCUT2D eigenvalue weighted by Gasteiger charge is -2.07. The number of nitriles is 1. The quantitative estimate of drug-likeness (QED) is 0.699. The van der Waals surface area contributed by atoms with Crippen LogP contribution in [0.4, 0.5) is 0 Å². The minimum atomic E-state index is -0.452. The third-order valence-electron chi connectivity index (χ3n) is 1.94. The lowest BCUT2D eigenvalue weighted by Crippen LogP contribution is -2.09. The van der Waals surface area contributed by atoms with Gasteiger partial charge in [-0.2, -0.15) is 5.26 Å². The van der Waals surface area contributed by atoms with Gasteiger partial charge >= 0.3 is 5.97 Å². The molecule has 1 aromatic heterocycles. The minimum absolute atomic E-state index is 0.0916. The van der Waals surface area contributed by atoms with Gasteiger partial charge in [0.05, 0.1) is 25.0 Å². The molecule has 0 aliphatic rings. The molecule has 1 heterocycles. The summed E-state index contributed by atoms with van der Waals surface area (Å²) in [5.74, 6) is -0.798. The first kappa shape index (κ1) is 11.2. The molecule has 4 nitrogen and oxygen atoms in total. The minimum Gasteiger partial charge on any atom is -0.466 e. The van der Waals surface area contributed by atoms with Crippen molar-refractivity contribution >= 4 is 5.97 Å². The molecule has 0 aromatic carbocycles. The molecule has 0 aliphatic carbocycles. The summed E-state index contributed by atoms with van der Waals surface area (Å²) in [5.41, 5.74) is 0.792. The average molecular weight is 204 g/mol. The van der Waals surface area contributed by atoms with Gasteiger partial charge in [-0.1, -0.05) is 0 Å². The van der Waals surface area contributed by atoms with Gasteiger partial charge in [0.1, 0.15) is 0 Å². The van der Waals surface area contributed by atoms with Gasteiger partial charge in [-0.15, -0.1) is 0 Å². The van der Waals surface area contributed by atoms with Gasteiger partial charge in [-0.05, 0) is 24.6 Å². The Bertz CT molecular complexity index is 357. The van der Waals surface area contributed by atoms with E-state index in [0.717, 1.165) is 5.56 Å². The molecular weight excluding hydrogens is 192 g/mol. The first-order valence-electron chi connectivity index (χ1n) is 4.73. The van der Waals surface area contributed by atoms with Crippen molar-refractivity contribution in [2.45, 2.75) is 19.3 Å². The number of pyridine rings is 1. The van der Waals surface area contributed by atoms with Crippen LogP contribution in [0.15, 0.2) is 24.5 Å². The summed E-state index contributed by atoms with van der Waals surface area (Å²) in [6.45, 7) is 2.08. The van der Waals surface area contributed by atoms with E-state index in [2.05, 4.69) is 11.1 Å². The van der Waals surface area contributed by atoms with E-state index in [9.17, 15) is 4.79 Å². The van der Waals surface area contributed by atoms with Gasteiger partial charge in [0.2, 0.25) is 0 Å². The van der Waals surface area contributed by atoms with E-state index < -0.39 is 5.92 Å². The van der Waals surface area contributed by atoms with E-state index in [1.165, 1.54) is 0 Å². The zero-order valence-electron chi connectivity index (χ0n) is 8.51. The Morgan fingerprint density at radius 3 is 2.80 bits per heavy atom. The van der Waals surface area contributed by atoms with Crippen molar-refractivity contribution in [1.82, 2.24) is 4.98 Å². The second kappa shape index (κ2) is 5.76. The summed E-state index contributed by atoms with van der Waals surface area (Å²) < 4.78 is 4.79. The molecule has 0 amide bonds. The zero-order chi connectivity index (χ0) is 11.1. The highest BCUT2D eigenvalue weighted by Gasteiger charge is 2.15. The summed E-state index contributed by atoms with van der Waals surface area (Å²) in [7, 11) is 0. The number of nitrogens with zero attached hydrogens (tertiary/aromatic N) is 2. The highest BCUT2D eigenvalue weighted by molar-refractivity contribution is 5.71. The molecule has 1 aromatic rings. The molecule has 15 heavy (non-hydrogen) atoms. The van der Waals surface area contributed by atoms with Crippen molar-refractivity contribution in [2.75, 3.05) is 6.61 Å². The summed E-state index contributed by atoms with van der Waals surface area (Å²) in [5, 5.41) is 8.92. The van der Waals surface area contributed by atoms with Gasteiger partial charge in [0.25, 0.3) is 0 Å². The highest BCUT2D eigenvalue weighted by atomic mass is 16.5. The maximum absolute atomic E-state index is 11.2. The lowest BCUT2D eigenvalue weighted by molar-refractivity contribution is -0.143. The van der Waals surface area contributed by atoms with Gasteiger partial charge in [-0.25, -0.2) is 0 Å². The van der Waals surface area contributed by atoms with Crippen molar-refractivity contribution in [3.63, 3.8) is 0 Å². The Morgan fingerprint density at radius 2 is 2.27 bits per heavy atom. The first-order chi connectivity index (χ1) is 7.27. The Morgan fingerprint density at radius 1 is 1.60 bits per heavy atom. The number of ether oxygens (including phenoxy) is 1. The molecule has 78 valence electrons.